The lowest BCUT2D eigenvalue weighted by Gasteiger charge is -2.22. The molecule has 0 saturated carbocycles. The van der Waals surface area contributed by atoms with E-state index in [4.69, 9.17) is 11.6 Å². The van der Waals surface area contributed by atoms with Crippen molar-refractivity contribution in [3.63, 3.8) is 0 Å². The van der Waals surface area contributed by atoms with Crippen LogP contribution in [-0.2, 0) is 21.7 Å². The number of likely N-dealkylation sites (N-methyl/N-ethyl adjacent to an activating group) is 1. The Morgan fingerprint density at radius 3 is 2.59 bits per heavy atom. The first kappa shape index (κ1) is 19.3. The standard InChI is InChI=1S/C18H19ClN4O3S/c1-18(12-6-4-3-5-7-12)16(25)23(17(26)20-18)21-15(24)11-22(2)10-13-8-9-14(19)27-13/h3-9H,10-11H2,1-2H3,(H,20,26)(H,21,24)/p+1/t18-/m1/s1. The number of imide groups is 1. The molecule has 3 rings (SSSR count). The second-order valence-electron chi connectivity index (χ2n) is 6.61. The molecule has 4 amide bonds. The maximum absolute atomic E-state index is 12.8. The molecule has 1 aromatic heterocycles. The Labute approximate surface area is 165 Å². The fraction of sp³-hybridized carbons (Fsp3) is 0.278. The number of rotatable bonds is 6. The molecule has 9 heteroatoms. The molecule has 2 aromatic rings. The summed E-state index contributed by atoms with van der Waals surface area (Å²) in [6.07, 6.45) is 0. The minimum Gasteiger partial charge on any atom is -0.325 e. The van der Waals surface area contributed by atoms with Gasteiger partial charge in [-0.25, -0.2) is 4.79 Å². The van der Waals surface area contributed by atoms with Crippen LogP contribution >= 0.6 is 22.9 Å². The third-order valence-corrected chi connectivity index (χ3v) is 5.58. The first-order valence-electron chi connectivity index (χ1n) is 8.37. The largest absolute Gasteiger partial charge is 0.344 e. The summed E-state index contributed by atoms with van der Waals surface area (Å²) in [4.78, 5) is 39.3. The number of hydrogen-bond acceptors (Lipinski definition) is 4. The molecule has 1 saturated heterocycles. The van der Waals surface area contributed by atoms with Gasteiger partial charge in [0.25, 0.3) is 11.8 Å². The molecular weight excluding hydrogens is 388 g/mol. The lowest BCUT2D eigenvalue weighted by molar-refractivity contribution is -0.885. The lowest BCUT2D eigenvalue weighted by atomic mass is 9.92. The van der Waals surface area contributed by atoms with E-state index in [1.54, 1.807) is 31.2 Å². The first-order valence-corrected chi connectivity index (χ1v) is 9.56. The van der Waals surface area contributed by atoms with Gasteiger partial charge in [0, 0.05) is 0 Å². The van der Waals surface area contributed by atoms with Crippen LogP contribution in [0.3, 0.4) is 0 Å². The van der Waals surface area contributed by atoms with E-state index in [9.17, 15) is 14.4 Å². The van der Waals surface area contributed by atoms with Crippen LogP contribution in [0, 0.1) is 0 Å². The van der Waals surface area contributed by atoms with Gasteiger partial charge in [-0.05, 0) is 24.6 Å². The number of amides is 4. The Hall–Kier alpha value is -2.42. The zero-order valence-corrected chi connectivity index (χ0v) is 16.5. The topological polar surface area (TPSA) is 82.9 Å². The average molecular weight is 408 g/mol. The third kappa shape index (κ3) is 4.13. The molecule has 1 aliphatic rings. The summed E-state index contributed by atoms with van der Waals surface area (Å²) in [6, 6.07) is 12.0. The number of urea groups is 1. The Bertz CT molecular complexity index is 873. The van der Waals surface area contributed by atoms with Gasteiger partial charge < -0.3 is 10.2 Å². The summed E-state index contributed by atoms with van der Waals surface area (Å²) in [5.41, 5.74) is 1.85. The van der Waals surface area contributed by atoms with Crippen LogP contribution in [0.15, 0.2) is 42.5 Å². The van der Waals surface area contributed by atoms with Crippen molar-refractivity contribution < 1.29 is 19.3 Å². The molecule has 1 fully saturated rings. The molecule has 7 nitrogen and oxygen atoms in total. The average Bonchev–Trinajstić information content (AvgIpc) is 3.12. The normalized spacial score (nSPS) is 20.5. The second kappa shape index (κ2) is 7.67. The van der Waals surface area contributed by atoms with E-state index >= 15 is 0 Å². The van der Waals surface area contributed by atoms with E-state index in [2.05, 4.69) is 10.7 Å². The number of nitrogens with zero attached hydrogens (tertiary/aromatic N) is 1. The van der Waals surface area contributed by atoms with Gasteiger partial charge in [-0.1, -0.05) is 41.9 Å². The zero-order valence-electron chi connectivity index (χ0n) is 14.9. The molecule has 0 aliphatic carbocycles. The Morgan fingerprint density at radius 1 is 1.26 bits per heavy atom. The predicted molar refractivity (Wildman–Crippen MR) is 102 cm³/mol. The molecule has 0 bridgehead atoms. The van der Waals surface area contributed by atoms with Crippen LogP contribution in [0.1, 0.15) is 17.4 Å². The van der Waals surface area contributed by atoms with E-state index in [1.807, 2.05) is 25.2 Å². The van der Waals surface area contributed by atoms with Gasteiger partial charge in [0.15, 0.2) is 6.54 Å². The zero-order chi connectivity index (χ0) is 19.6. The highest BCUT2D eigenvalue weighted by atomic mass is 35.5. The Morgan fingerprint density at radius 2 is 1.96 bits per heavy atom. The van der Waals surface area contributed by atoms with E-state index in [-0.39, 0.29) is 6.54 Å². The number of nitrogens with one attached hydrogen (secondary N) is 3. The number of hydrazine groups is 1. The van der Waals surface area contributed by atoms with Crippen molar-refractivity contribution >= 4 is 40.8 Å². The molecule has 0 radical (unpaired) electrons. The van der Waals surface area contributed by atoms with Gasteiger partial charge in [0.05, 0.1) is 16.3 Å². The van der Waals surface area contributed by atoms with Crippen LogP contribution < -0.4 is 15.6 Å². The molecule has 1 aliphatic heterocycles. The summed E-state index contributed by atoms with van der Waals surface area (Å²) in [6.45, 7) is 2.34. The fourth-order valence-electron chi connectivity index (χ4n) is 2.95. The van der Waals surface area contributed by atoms with E-state index < -0.39 is 23.4 Å². The monoisotopic (exact) mass is 407 g/mol. The van der Waals surface area contributed by atoms with Crippen molar-refractivity contribution in [2.75, 3.05) is 13.6 Å². The van der Waals surface area contributed by atoms with Gasteiger partial charge in [0.2, 0.25) is 0 Å². The quantitative estimate of drug-likeness (QED) is 0.622. The number of thiophene rings is 1. The number of carbonyl (C=O) groups excluding carboxylic acids is 3. The molecule has 1 aromatic carbocycles. The summed E-state index contributed by atoms with van der Waals surface area (Å²) < 4.78 is 0.696. The maximum atomic E-state index is 12.8. The number of hydrogen-bond donors (Lipinski definition) is 3. The number of benzene rings is 1. The Kier molecular flexibility index (Phi) is 5.50. The van der Waals surface area contributed by atoms with E-state index in [0.717, 1.165) is 14.8 Å². The van der Waals surface area contributed by atoms with Crippen molar-refractivity contribution in [1.82, 2.24) is 15.8 Å². The van der Waals surface area contributed by atoms with Gasteiger partial charge >= 0.3 is 6.03 Å². The highest BCUT2D eigenvalue weighted by molar-refractivity contribution is 7.16. The number of quaternary nitrogens is 1. The van der Waals surface area contributed by atoms with Crippen LogP contribution in [0.4, 0.5) is 4.79 Å². The first-order chi connectivity index (χ1) is 12.8. The number of halogens is 1. The maximum Gasteiger partial charge on any atom is 0.344 e. The summed E-state index contributed by atoms with van der Waals surface area (Å²) in [5, 5.41) is 3.41. The van der Waals surface area contributed by atoms with Crippen LogP contribution in [0.2, 0.25) is 4.34 Å². The SMILES string of the molecule is C[NH+](CC(=O)NN1C(=O)N[C@](C)(c2ccccc2)C1=O)Cc1ccc(Cl)s1. The van der Waals surface area contributed by atoms with Gasteiger partial charge in [0.1, 0.15) is 12.1 Å². The molecule has 2 heterocycles. The van der Waals surface area contributed by atoms with E-state index in [1.165, 1.54) is 11.3 Å². The third-order valence-electron chi connectivity index (χ3n) is 4.35. The molecule has 3 N–H and O–H groups in total. The van der Waals surface area contributed by atoms with Crippen LogP contribution in [0.5, 0.6) is 0 Å². The van der Waals surface area contributed by atoms with E-state index in [0.29, 0.717) is 16.4 Å². The van der Waals surface area contributed by atoms with Crippen molar-refractivity contribution in [2.45, 2.75) is 19.0 Å². The Balaban J connectivity index is 1.62. The highest BCUT2D eigenvalue weighted by Gasteiger charge is 2.50. The van der Waals surface area contributed by atoms with Crippen molar-refractivity contribution in [3.05, 3.63) is 57.2 Å². The smallest absolute Gasteiger partial charge is 0.325 e. The minimum absolute atomic E-state index is 0.106. The highest BCUT2D eigenvalue weighted by Crippen LogP contribution is 2.27. The molecular formula is C18H20ClN4O3S+. The van der Waals surface area contributed by atoms with Crippen molar-refractivity contribution in [1.29, 1.82) is 0 Å². The number of carbonyl (C=O) groups is 3. The fourth-order valence-corrected chi connectivity index (χ4v) is 4.15. The lowest BCUT2D eigenvalue weighted by Crippen LogP contribution is -3.09. The summed E-state index contributed by atoms with van der Waals surface area (Å²) in [5.74, 6) is -0.939. The summed E-state index contributed by atoms with van der Waals surface area (Å²) >= 11 is 7.37. The molecule has 1 unspecified atom stereocenters. The minimum atomic E-state index is -1.21. The van der Waals surface area contributed by atoms with Crippen LogP contribution in [0.25, 0.3) is 0 Å². The van der Waals surface area contributed by atoms with Gasteiger partial charge in [-0.3, -0.25) is 15.0 Å². The predicted octanol–water partition coefficient (Wildman–Crippen LogP) is 0.915. The molecule has 0 spiro atoms. The van der Waals surface area contributed by atoms with Crippen molar-refractivity contribution in [2.24, 2.45) is 0 Å². The van der Waals surface area contributed by atoms with Crippen molar-refractivity contribution in [3.8, 4) is 0 Å². The molecule has 2 atom stereocenters. The van der Waals surface area contributed by atoms with Crippen LogP contribution in [-0.4, -0.2) is 36.4 Å². The molecule has 142 valence electrons. The van der Waals surface area contributed by atoms with Gasteiger partial charge in [-0.2, -0.15) is 5.01 Å². The second-order valence-corrected chi connectivity index (χ2v) is 8.41. The van der Waals surface area contributed by atoms with Gasteiger partial charge in [-0.15, -0.1) is 11.3 Å². The molecule has 27 heavy (non-hydrogen) atoms. The summed E-state index contributed by atoms with van der Waals surface area (Å²) in [7, 11) is 1.85.